The van der Waals surface area contributed by atoms with Crippen molar-refractivity contribution in [2.45, 2.75) is 6.92 Å². The van der Waals surface area contributed by atoms with Crippen LogP contribution in [0, 0.1) is 17.0 Å². The summed E-state index contributed by atoms with van der Waals surface area (Å²) in [6.07, 6.45) is 0. The van der Waals surface area contributed by atoms with Crippen LogP contribution in [-0.2, 0) is 0 Å². The van der Waals surface area contributed by atoms with Gasteiger partial charge in [-0.2, -0.15) is 0 Å². The maximum atomic E-state index is 10.9. The summed E-state index contributed by atoms with van der Waals surface area (Å²) in [5, 5.41) is 14.2. The van der Waals surface area contributed by atoms with E-state index < -0.39 is 4.92 Å². The first-order valence-corrected chi connectivity index (χ1v) is 7.20. The van der Waals surface area contributed by atoms with Crippen molar-refractivity contribution in [1.29, 1.82) is 0 Å². The molecule has 0 saturated carbocycles. The molecule has 0 radical (unpaired) electrons. The van der Waals surface area contributed by atoms with Crippen molar-refractivity contribution in [2.75, 3.05) is 31.1 Å². The second-order valence-electron chi connectivity index (χ2n) is 5.24. The average Bonchev–Trinajstić information content (AvgIpc) is 2.55. The van der Waals surface area contributed by atoms with Crippen molar-refractivity contribution in [3.63, 3.8) is 0 Å². The van der Waals surface area contributed by atoms with Crippen LogP contribution in [0.5, 0.6) is 0 Å². The topological polar surface area (TPSA) is 84.2 Å². The van der Waals surface area contributed by atoms with Gasteiger partial charge in [-0.15, -0.1) is 0 Å². The monoisotopic (exact) mass is 299 g/mol. The molecular formula is C15H17N5O2. The summed E-state index contributed by atoms with van der Waals surface area (Å²) < 4.78 is 0. The Bertz CT molecular complexity index is 698. The number of non-ortho nitro benzene ring substituents is 1. The van der Waals surface area contributed by atoms with Gasteiger partial charge in [-0.05, 0) is 6.92 Å². The molecule has 3 rings (SSSR count). The van der Waals surface area contributed by atoms with Gasteiger partial charge in [-0.1, -0.05) is 12.1 Å². The highest BCUT2D eigenvalue weighted by molar-refractivity contribution is 5.61. The molecule has 1 aliphatic heterocycles. The molecule has 1 saturated heterocycles. The number of aryl methyl sites for hydroxylation is 1. The Balaban J connectivity index is 1.98. The molecule has 7 nitrogen and oxygen atoms in total. The summed E-state index contributed by atoms with van der Waals surface area (Å²) in [6, 6.07) is 8.38. The summed E-state index contributed by atoms with van der Waals surface area (Å²) in [5.41, 5.74) is 1.56. The third-order valence-corrected chi connectivity index (χ3v) is 3.60. The van der Waals surface area contributed by atoms with Gasteiger partial charge in [0.05, 0.1) is 4.92 Å². The summed E-state index contributed by atoms with van der Waals surface area (Å²) >= 11 is 0. The van der Waals surface area contributed by atoms with E-state index in [1.54, 1.807) is 12.1 Å². The first-order chi connectivity index (χ1) is 10.6. The number of nitrogens with zero attached hydrogens (tertiary/aromatic N) is 4. The van der Waals surface area contributed by atoms with E-state index in [9.17, 15) is 10.1 Å². The van der Waals surface area contributed by atoms with Crippen LogP contribution in [0.15, 0.2) is 30.3 Å². The fourth-order valence-corrected chi connectivity index (χ4v) is 2.50. The summed E-state index contributed by atoms with van der Waals surface area (Å²) in [5.74, 6) is 1.40. The van der Waals surface area contributed by atoms with Gasteiger partial charge in [-0.3, -0.25) is 10.1 Å². The molecule has 0 spiro atoms. The van der Waals surface area contributed by atoms with Crippen molar-refractivity contribution in [3.8, 4) is 11.4 Å². The number of anilines is 1. The van der Waals surface area contributed by atoms with Crippen molar-refractivity contribution in [1.82, 2.24) is 15.3 Å². The van der Waals surface area contributed by atoms with Crippen LogP contribution in [0.25, 0.3) is 11.4 Å². The molecule has 1 N–H and O–H groups in total. The molecule has 2 aromatic rings. The minimum Gasteiger partial charge on any atom is -0.354 e. The fourth-order valence-electron chi connectivity index (χ4n) is 2.50. The molecule has 7 heteroatoms. The third-order valence-electron chi connectivity index (χ3n) is 3.60. The number of piperazine rings is 1. The average molecular weight is 299 g/mol. The number of rotatable bonds is 3. The number of nitro benzene ring substituents is 1. The summed E-state index contributed by atoms with van der Waals surface area (Å²) in [6.45, 7) is 5.55. The van der Waals surface area contributed by atoms with E-state index in [0.29, 0.717) is 11.4 Å². The van der Waals surface area contributed by atoms with Crippen LogP contribution in [0.2, 0.25) is 0 Å². The van der Waals surface area contributed by atoms with Gasteiger partial charge in [-0.25, -0.2) is 9.97 Å². The Morgan fingerprint density at radius 2 is 2.00 bits per heavy atom. The lowest BCUT2D eigenvalue weighted by Crippen LogP contribution is -2.44. The Morgan fingerprint density at radius 3 is 2.73 bits per heavy atom. The maximum absolute atomic E-state index is 10.9. The first-order valence-electron chi connectivity index (χ1n) is 7.20. The molecule has 0 aliphatic carbocycles. The van der Waals surface area contributed by atoms with E-state index in [4.69, 9.17) is 0 Å². The third kappa shape index (κ3) is 3.04. The quantitative estimate of drug-likeness (QED) is 0.687. The Kier molecular flexibility index (Phi) is 3.97. The van der Waals surface area contributed by atoms with E-state index >= 15 is 0 Å². The lowest BCUT2D eigenvalue weighted by Gasteiger charge is -2.28. The zero-order valence-electron chi connectivity index (χ0n) is 12.3. The summed E-state index contributed by atoms with van der Waals surface area (Å²) in [7, 11) is 0. The predicted molar refractivity (Wildman–Crippen MR) is 83.9 cm³/mol. The molecule has 1 aromatic heterocycles. The van der Waals surface area contributed by atoms with E-state index in [-0.39, 0.29) is 5.69 Å². The second-order valence-corrected chi connectivity index (χ2v) is 5.24. The maximum Gasteiger partial charge on any atom is 0.270 e. The number of aromatic nitrogens is 2. The molecule has 0 amide bonds. The number of benzene rings is 1. The summed E-state index contributed by atoms with van der Waals surface area (Å²) in [4.78, 5) is 21.7. The predicted octanol–water partition coefficient (Wildman–Crippen LogP) is 1.77. The van der Waals surface area contributed by atoms with Gasteiger partial charge in [0, 0.05) is 55.6 Å². The number of nitrogens with one attached hydrogen (secondary N) is 1. The molecule has 0 bridgehead atoms. The normalized spacial score (nSPS) is 14.9. The first kappa shape index (κ1) is 14.4. The molecule has 2 heterocycles. The lowest BCUT2D eigenvalue weighted by atomic mass is 10.2. The zero-order valence-corrected chi connectivity index (χ0v) is 12.3. The Labute approximate surface area is 128 Å². The van der Waals surface area contributed by atoms with E-state index in [1.807, 2.05) is 13.0 Å². The van der Waals surface area contributed by atoms with Crippen LogP contribution in [0.3, 0.4) is 0 Å². The van der Waals surface area contributed by atoms with Crippen LogP contribution in [-0.4, -0.2) is 41.1 Å². The van der Waals surface area contributed by atoms with Gasteiger partial charge >= 0.3 is 0 Å². The largest absolute Gasteiger partial charge is 0.354 e. The minimum absolute atomic E-state index is 0.0475. The molecule has 114 valence electrons. The van der Waals surface area contributed by atoms with E-state index in [0.717, 1.165) is 37.7 Å². The molecule has 1 aliphatic rings. The lowest BCUT2D eigenvalue weighted by molar-refractivity contribution is -0.384. The van der Waals surface area contributed by atoms with Gasteiger partial charge in [0.25, 0.3) is 5.69 Å². The van der Waals surface area contributed by atoms with E-state index in [2.05, 4.69) is 20.2 Å². The molecule has 1 aromatic carbocycles. The second kappa shape index (κ2) is 6.07. The minimum atomic E-state index is -0.406. The molecule has 0 atom stereocenters. The fraction of sp³-hybridized carbons (Fsp3) is 0.333. The number of hydrogen-bond donors (Lipinski definition) is 1. The van der Waals surface area contributed by atoms with Gasteiger partial charge in [0.2, 0.25) is 0 Å². The molecular weight excluding hydrogens is 282 g/mol. The van der Waals surface area contributed by atoms with Crippen molar-refractivity contribution < 1.29 is 4.92 Å². The van der Waals surface area contributed by atoms with Crippen molar-refractivity contribution in [3.05, 3.63) is 46.1 Å². The highest BCUT2D eigenvalue weighted by atomic mass is 16.6. The van der Waals surface area contributed by atoms with Crippen LogP contribution in [0.4, 0.5) is 11.5 Å². The van der Waals surface area contributed by atoms with E-state index in [1.165, 1.54) is 12.1 Å². The smallest absolute Gasteiger partial charge is 0.270 e. The zero-order chi connectivity index (χ0) is 15.5. The Morgan fingerprint density at radius 1 is 1.23 bits per heavy atom. The van der Waals surface area contributed by atoms with Crippen LogP contribution >= 0.6 is 0 Å². The number of hydrogen-bond acceptors (Lipinski definition) is 6. The number of nitro groups is 1. The van der Waals surface area contributed by atoms with Gasteiger partial charge in [0.1, 0.15) is 5.82 Å². The molecule has 0 unspecified atom stereocenters. The highest BCUT2D eigenvalue weighted by Gasteiger charge is 2.15. The molecule has 22 heavy (non-hydrogen) atoms. The standard InChI is InChI=1S/C15H17N5O2/c1-11-9-14(19-7-5-16-6-8-19)18-15(17-11)12-3-2-4-13(10-12)20(21)22/h2-4,9-10,16H,5-8H2,1H3. The van der Waals surface area contributed by atoms with Crippen molar-refractivity contribution >= 4 is 11.5 Å². The van der Waals surface area contributed by atoms with Gasteiger partial charge < -0.3 is 10.2 Å². The molecule has 1 fully saturated rings. The SMILES string of the molecule is Cc1cc(N2CCNCC2)nc(-c2cccc([N+](=O)[O-])c2)n1. The Hall–Kier alpha value is -2.54. The van der Waals surface area contributed by atoms with Gasteiger partial charge in [0.15, 0.2) is 5.82 Å². The van der Waals surface area contributed by atoms with Crippen molar-refractivity contribution in [2.24, 2.45) is 0 Å². The van der Waals surface area contributed by atoms with Crippen LogP contribution < -0.4 is 10.2 Å². The highest BCUT2D eigenvalue weighted by Crippen LogP contribution is 2.23. The van der Waals surface area contributed by atoms with Crippen LogP contribution in [0.1, 0.15) is 5.69 Å².